The molecule has 0 aliphatic rings. The number of hydrogen-bond donors (Lipinski definition) is 1. The van der Waals surface area contributed by atoms with E-state index in [1.165, 1.54) is 0 Å². The van der Waals surface area contributed by atoms with Gasteiger partial charge in [0.2, 0.25) is 0 Å². The molecule has 0 fully saturated rings. The Balaban J connectivity index is 2.74. The van der Waals surface area contributed by atoms with Gasteiger partial charge in [-0.25, -0.2) is 0 Å². The first-order chi connectivity index (χ1) is 8.79. The van der Waals surface area contributed by atoms with E-state index in [0.717, 1.165) is 6.54 Å². The van der Waals surface area contributed by atoms with Gasteiger partial charge >= 0.3 is 0 Å². The van der Waals surface area contributed by atoms with E-state index < -0.39 is 0 Å². The molecule has 0 aromatic heterocycles. The van der Waals surface area contributed by atoms with Gasteiger partial charge in [0, 0.05) is 13.1 Å². The van der Waals surface area contributed by atoms with Crippen molar-refractivity contribution in [2.24, 2.45) is 0 Å². The van der Waals surface area contributed by atoms with Crippen LogP contribution in [0.15, 0.2) is 24.3 Å². The van der Waals surface area contributed by atoms with Crippen molar-refractivity contribution in [1.82, 2.24) is 10.2 Å². The van der Waals surface area contributed by atoms with Crippen LogP contribution in [0.5, 0.6) is 5.75 Å². The molecule has 0 aliphatic carbocycles. The van der Waals surface area contributed by atoms with E-state index in [1.54, 1.807) is 6.07 Å². The molecule has 0 radical (unpaired) electrons. The van der Waals surface area contributed by atoms with Gasteiger partial charge < -0.3 is 15.0 Å². The van der Waals surface area contributed by atoms with Gasteiger partial charge in [0.25, 0.3) is 5.91 Å². The molecule has 0 unspecified atom stereocenters. The summed E-state index contributed by atoms with van der Waals surface area (Å²) in [4.78, 5) is 14.1. The SMILES string of the molecule is CN(C)CCNC(=O)c1ccccc1OC(C)(C)C. The topological polar surface area (TPSA) is 41.6 Å². The molecule has 106 valence electrons. The summed E-state index contributed by atoms with van der Waals surface area (Å²) in [6.07, 6.45) is 0. The van der Waals surface area contributed by atoms with Crippen LogP contribution in [-0.2, 0) is 0 Å². The molecule has 19 heavy (non-hydrogen) atoms. The molecule has 4 nitrogen and oxygen atoms in total. The number of hydrogen-bond acceptors (Lipinski definition) is 3. The van der Waals surface area contributed by atoms with Crippen molar-refractivity contribution in [1.29, 1.82) is 0 Å². The number of rotatable bonds is 5. The van der Waals surface area contributed by atoms with E-state index in [2.05, 4.69) is 5.32 Å². The van der Waals surface area contributed by atoms with E-state index in [9.17, 15) is 4.79 Å². The number of likely N-dealkylation sites (N-methyl/N-ethyl adjacent to an activating group) is 1. The van der Waals surface area contributed by atoms with Crippen LogP contribution >= 0.6 is 0 Å². The molecular weight excluding hydrogens is 240 g/mol. The lowest BCUT2D eigenvalue weighted by Gasteiger charge is -2.23. The molecule has 0 atom stereocenters. The van der Waals surface area contributed by atoms with Gasteiger partial charge in [0.05, 0.1) is 5.56 Å². The van der Waals surface area contributed by atoms with E-state index in [0.29, 0.717) is 17.9 Å². The second-order valence-corrected chi connectivity index (χ2v) is 5.77. The van der Waals surface area contributed by atoms with Gasteiger partial charge in [0.1, 0.15) is 11.4 Å². The molecule has 0 aliphatic heterocycles. The quantitative estimate of drug-likeness (QED) is 0.886. The number of nitrogens with one attached hydrogen (secondary N) is 1. The number of nitrogens with zero attached hydrogens (tertiary/aromatic N) is 1. The molecule has 0 saturated carbocycles. The van der Waals surface area contributed by atoms with Gasteiger partial charge in [-0.05, 0) is 47.0 Å². The molecule has 4 heteroatoms. The molecule has 1 rings (SSSR count). The first kappa shape index (κ1) is 15.5. The third-order valence-corrected chi connectivity index (χ3v) is 2.39. The monoisotopic (exact) mass is 264 g/mol. The van der Waals surface area contributed by atoms with Gasteiger partial charge in [-0.3, -0.25) is 4.79 Å². The Bertz CT molecular complexity index is 422. The maximum Gasteiger partial charge on any atom is 0.255 e. The normalized spacial score (nSPS) is 11.5. The highest BCUT2D eigenvalue weighted by atomic mass is 16.5. The Morgan fingerprint density at radius 3 is 2.47 bits per heavy atom. The summed E-state index contributed by atoms with van der Waals surface area (Å²) >= 11 is 0. The van der Waals surface area contributed by atoms with Crippen molar-refractivity contribution < 1.29 is 9.53 Å². The van der Waals surface area contributed by atoms with Crippen LogP contribution in [0.3, 0.4) is 0 Å². The van der Waals surface area contributed by atoms with Crippen molar-refractivity contribution in [2.75, 3.05) is 27.2 Å². The summed E-state index contributed by atoms with van der Waals surface area (Å²) in [5.74, 6) is 0.527. The minimum Gasteiger partial charge on any atom is -0.487 e. The zero-order valence-corrected chi connectivity index (χ0v) is 12.5. The van der Waals surface area contributed by atoms with Crippen LogP contribution in [0, 0.1) is 0 Å². The van der Waals surface area contributed by atoms with Crippen molar-refractivity contribution in [3.05, 3.63) is 29.8 Å². The summed E-state index contributed by atoms with van der Waals surface area (Å²) < 4.78 is 5.81. The second kappa shape index (κ2) is 6.57. The smallest absolute Gasteiger partial charge is 0.255 e. The number of amides is 1. The van der Waals surface area contributed by atoms with E-state index in [-0.39, 0.29) is 11.5 Å². The molecule has 0 bridgehead atoms. The minimum atomic E-state index is -0.319. The maximum absolute atomic E-state index is 12.1. The highest BCUT2D eigenvalue weighted by Crippen LogP contribution is 2.22. The molecule has 1 aromatic carbocycles. The Morgan fingerprint density at radius 1 is 1.26 bits per heavy atom. The van der Waals surface area contributed by atoms with Crippen molar-refractivity contribution in [3.63, 3.8) is 0 Å². The first-order valence-corrected chi connectivity index (χ1v) is 6.50. The van der Waals surface area contributed by atoms with Gasteiger partial charge in [-0.1, -0.05) is 12.1 Å². The average molecular weight is 264 g/mol. The number of carbonyl (C=O) groups is 1. The summed E-state index contributed by atoms with van der Waals surface area (Å²) in [5.41, 5.74) is 0.260. The van der Waals surface area contributed by atoms with Crippen molar-refractivity contribution >= 4 is 5.91 Å². The van der Waals surface area contributed by atoms with Crippen molar-refractivity contribution in [3.8, 4) is 5.75 Å². The molecule has 0 heterocycles. The Hall–Kier alpha value is -1.55. The van der Waals surface area contributed by atoms with Crippen LogP contribution in [0.1, 0.15) is 31.1 Å². The van der Waals surface area contributed by atoms with Crippen LogP contribution in [-0.4, -0.2) is 43.6 Å². The fraction of sp³-hybridized carbons (Fsp3) is 0.533. The first-order valence-electron chi connectivity index (χ1n) is 6.50. The number of para-hydroxylation sites is 1. The molecule has 0 spiro atoms. The zero-order chi connectivity index (χ0) is 14.5. The fourth-order valence-electron chi connectivity index (χ4n) is 1.56. The van der Waals surface area contributed by atoms with E-state index in [4.69, 9.17) is 4.74 Å². The van der Waals surface area contributed by atoms with Crippen LogP contribution < -0.4 is 10.1 Å². The molecular formula is C15H24N2O2. The Kier molecular flexibility index (Phi) is 5.36. The fourth-order valence-corrected chi connectivity index (χ4v) is 1.56. The largest absolute Gasteiger partial charge is 0.487 e. The third-order valence-electron chi connectivity index (χ3n) is 2.39. The molecule has 0 saturated heterocycles. The van der Waals surface area contributed by atoms with Crippen LogP contribution in [0.25, 0.3) is 0 Å². The maximum atomic E-state index is 12.1. The lowest BCUT2D eigenvalue weighted by molar-refractivity contribution is 0.0930. The minimum absolute atomic E-state index is 0.0956. The lowest BCUT2D eigenvalue weighted by Crippen LogP contribution is -2.32. The van der Waals surface area contributed by atoms with Gasteiger partial charge in [-0.2, -0.15) is 0 Å². The number of carbonyl (C=O) groups excluding carboxylic acids is 1. The third kappa shape index (κ3) is 5.75. The summed E-state index contributed by atoms with van der Waals surface area (Å²) in [7, 11) is 3.95. The van der Waals surface area contributed by atoms with E-state index in [1.807, 2.05) is 58.0 Å². The van der Waals surface area contributed by atoms with E-state index >= 15 is 0 Å². The Labute approximate surface area is 115 Å². The number of ether oxygens (including phenoxy) is 1. The summed E-state index contributed by atoms with van der Waals surface area (Å²) in [6, 6.07) is 7.33. The average Bonchev–Trinajstić information content (AvgIpc) is 2.26. The lowest BCUT2D eigenvalue weighted by atomic mass is 10.1. The van der Waals surface area contributed by atoms with Gasteiger partial charge in [0.15, 0.2) is 0 Å². The van der Waals surface area contributed by atoms with Crippen LogP contribution in [0.2, 0.25) is 0 Å². The summed E-state index contributed by atoms with van der Waals surface area (Å²) in [6.45, 7) is 7.33. The predicted molar refractivity (Wildman–Crippen MR) is 77.7 cm³/mol. The molecule has 1 aromatic rings. The van der Waals surface area contributed by atoms with Gasteiger partial charge in [-0.15, -0.1) is 0 Å². The van der Waals surface area contributed by atoms with Crippen molar-refractivity contribution in [2.45, 2.75) is 26.4 Å². The standard InChI is InChI=1S/C15H24N2O2/c1-15(2,3)19-13-9-7-6-8-12(13)14(18)16-10-11-17(4)5/h6-9H,10-11H2,1-5H3,(H,16,18). The molecule has 1 amide bonds. The van der Waals surface area contributed by atoms with Crippen LogP contribution in [0.4, 0.5) is 0 Å². The number of benzene rings is 1. The summed E-state index contributed by atoms with van der Waals surface area (Å²) in [5, 5.41) is 2.90. The second-order valence-electron chi connectivity index (χ2n) is 5.77. The highest BCUT2D eigenvalue weighted by molar-refractivity contribution is 5.96. The molecule has 1 N–H and O–H groups in total. The zero-order valence-electron chi connectivity index (χ0n) is 12.5. The highest BCUT2D eigenvalue weighted by Gasteiger charge is 2.17. The Morgan fingerprint density at radius 2 is 1.89 bits per heavy atom. The predicted octanol–water partition coefficient (Wildman–Crippen LogP) is 2.16.